The molecule has 0 fully saturated rings. The predicted octanol–water partition coefficient (Wildman–Crippen LogP) is 2.84. The first-order valence-electron chi connectivity index (χ1n) is 5.70. The lowest BCUT2D eigenvalue weighted by atomic mass is 9.92. The van der Waals surface area contributed by atoms with Gasteiger partial charge in [-0.2, -0.15) is 0 Å². The van der Waals surface area contributed by atoms with Crippen LogP contribution < -0.4 is 9.47 Å². The van der Waals surface area contributed by atoms with Crippen molar-refractivity contribution < 1.29 is 14.3 Å². The average Bonchev–Trinajstić information content (AvgIpc) is 2.38. The lowest BCUT2D eigenvalue weighted by Crippen LogP contribution is -2.03. The summed E-state index contributed by atoms with van der Waals surface area (Å²) in [5.41, 5.74) is 2.04. The van der Waals surface area contributed by atoms with Crippen molar-refractivity contribution in [2.75, 3.05) is 14.2 Å². The highest BCUT2D eigenvalue weighted by molar-refractivity contribution is 5.99. The van der Waals surface area contributed by atoms with Crippen molar-refractivity contribution in [2.24, 2.45) is 0 Å². The van der Waals surface area contributed by atoms with Gasteiger partial charge in [-0.1, -0.05) is 0 Å². The molecular formula is C14H16O3. The van der Waals surface area contributed by atoms with E-state index >= 15 is 0 Å². The Balaban J connectivity index is 2.41. The van der Waals surface area contributed by atoms with Crippen LogP contribution in [-0.2, 0) is 4.79 Å². The number of ketones is 1. The minimum absolute atomic E-state index is 0.198. The van der Waals surface area contributed by atoms with Crippen LogP contribution in [0.5, 0.6) is 11.5 Å². The Hall–Kier alpha value is -1.77. The third-order valence-corrected chi connectivity index (χ3v) is 2.96. The Morgan fingerprint density at radius 1 is 1.12 bits per heavy atom. The molecule has 0 bridgehead atoms. The van der Waals surface area contributed by atoms with E-state index in [0.29, 0.717) is 6.42 Å². The molecule has 0 saturated carbocycles. The van der Waals surface area contributed by atoms with Gasteiger partial charge in [-0.25, -0.2) is 0 Å². The SMILES string of the molecule is COc1ccc(C2=CC(=O)CCC2)c(OC)c1. The van der Waals surface area contributed by atoms with Crippen LogP contribution in [0, 0.1) is 0 Å². The van der Waals surface area contributed by atoms with Gasteiger partial charge in [-0.15, -0.1) is 0 Å². The van der Waals surface area contributed by atoms with Gasteiger partial charge in [0.05, 0.1) is 14.2 Å². The zero-order chi connectivity index (χ0) is 12.3. The number of benzene rings is 1. The Kier molecular flexibility index (Phi) is 3.47. The van der Waals surface area contributed by atoms with Crippen LogP contribution in [0.2, 0.25) is 0 Å². The maximum absolute atomic E-state index is 11.4. The van der Waals surface area contributed by atoms with Crippen molar-refractivity contribution in [3.63, 3.8) is 0 Å². The van der Waals surface area contributed by atoms with Crippen molar-refractivity contribution in [3.05, 3.63) is 29.8 Å². The van der Waals surface area contributed by atoms with Crippen LogP contribution in [-0.4, -0.2) is 20.0 Å². The first-order chi connectivity index (χ1) is 8.24. The minimum Gasteiger partial charge on any atom is -0.497 e. The monoisotopic (exact) mass is 232 g/mol. The molecule has 0 atom stereocenters. The maximum atomic E-state index is 11.4. The number of ether oxygens (including phenoxy) is 2. The summed E-state index contributed by atoms with van der Waals surface area (Å²) in [5, 5.41) is 0. The van der Waals surface area contributed by atoms with Gasteiger partial charge >= 0.3 is 0 Å². The molecule has 1 aromatic rings. The van der Waals surface area contributed by atoms with Crippen molar-refractivity contribution in [2.45, 2.75) is 19.3 Å². The summed E-state index contributed by atoms with van der Waals surface area (Å²) in [5.74, 6) is 1.71. The summed E-state index contributed by atoms with van der Waals surface area (Å²) < 4.78 is 10.5. The predicted molar refractivity (Wildman–Crippen MR) is 66.4 cm³/mol. The second-order valence-corrected chi connectivity index (χ2v) is 4.06. The molecular weight excluding hydrogens is 216 g/mol. The van der Waals surface area contributed by atoms with E-state index in [1.807, 2.05) is 18.2 Å². The van der Waals surface area contributed by atoms with E-state index in [0.717, 1.165) is 35.5 Å². The zero-order valence-electron chi connectivity index (χ0n) is 10.2. The second kappa shape index (κ2) is 5.04. The molecule has 0 heterocycles. The van der Waals surface area contributed by atoms with Crippen LogP contribution in [0.4, 0.5) is 0 Å². The Bertz CT molecular complexity index is 461. The molecule has 3 heteroatoms. The molecule has 0 aliphatic heterocycles. The summed E-state index contributed by atoms with van der Waals surface area (Å²) in [6.45, 7) is 0. The van der Waals surface area contributed by atoms with Crippen molar-refractivity contribution in [1.29, 1.82) is 0 Å². The molecule has 1 aliphatic rings. The van der Waals surface area contributed by atoms with Gasteiger partial charge in [0.15, 0.2) is 5.78 Å². The van der Waals surface area contributed by atoms with Crippen molar-refractivity contribution >= 4 is 11.4 Å². The van der Waals surface area contributed by atoms with Crippen LogP contribution in [0.15, 0.2) is 24.3 Å². The average molecular weight is 232 g/mol. The number of methoxy groups -OCH3 is 2. The standard InChI is InChI=1S/C14H16O3/c1-16-12-6-7-13(14(9-12)17-2)10-4-3-5-11(15)8-10/h6-9H,3-5H2,1-2H3. The molecule has 3 nitrogen and oxygen atoms in total. The summed E-state index contributed by atoms with van der Waals surface area (Å²) in [6.07, 6.45) is 4.23. The van der Waals surface area contributed by atoms with Crippen molar-refractivity contribution in [1.82, 2.24) is 0 Å². The second-order valence-electron chi connectivity index (χ2n) is 4.06. The number of carbonyl (C=O) groups is 1. The third-order valence-electron chi connectivity index (χ3n) is 2.96. The molecule has 0 amide bonds. The molecule has 0 aromatic heterocycles. The molecule has 1 aliphatic carbocycles. The number of hydrogen-bond acceptors (Lipinski definition) is 3. The first-order valence-corrected chi connectivity index (χ1v) is 5.70. The van der Waals surface area contributed by atoms with E-state index < -0.39 is 0 Å². The summed E-state index contributed by atoms with van der Waals surface area (Å²) in [7, 11) is 3.25. The molecule has 0 N–H and O–H groups in total. The van der Waals surface area contributed by atoms with Gasteiger partial charge in [0.1, 0.15) is 11.5 Å². The van der Waals surface area contributed by atoms with E-state index in [2.05, 4.69) is 0 Å². The fraction of sp³-hybridized carbons (Fsp3) is 0.357. The highest BCUT2D eigenvalue weighted by Gasteiger charge is 2.15. The molecule has 0 unspecified atom stereocenters. The van der Waals surface area contributed by atoms with Crippen LogP contribution in [0.25, 0.3) is 5.57 Å². The normalized spacial score (nSPS) is 15.4. The fourth-order valence-corrected chi connectivity index (χ4v) is 2.07. The summed E-state index contributed by atoms with van der Waals surface area (Å²) in [4.78, 5) is 11.4. The number of rotatable bonds is 3. The van der Waals surface area contributed by atoms with Gasteiger partial charge in [-0.05, 0) is 36.6 Å². The van der Waals surface area contributed by atoms with E-state index in [4.69, 9.17) is 9.47 Å². The molecule has 0 spiro atoms. The molecule has 2 rings (SSSR count). The highest BCUT2D eigenvalue weighted by Crippen LogP contribution is 2.34. The smallest absolute Gasteiger partial charge is 0.155 e. The first kappa shape index (κ1) is 11.7. The molecule has 0 saturated heterocycles. The largest absolute Gasteiger partial charge is 0.497 e. The molecule has 17 heavy (non-hydrogen) atoms. The van der Waals surface area contributed by atoms with Crippen LogP contribution >= 0.6 is 0 Å². The van der Waals surface area contributed by atoms with E-state index in [9.17, 15) is 4.79 Å². The van der Waals surface area contributed by atoms with Crippen LogP contribution in [0.1, 0.15) is 24.8 Å². The Labute approximate surface area is 101 Å². The van der Waals surface area contributed by atoms with Gasteiger partial charge in [0.2, 0.25) is 0 Å². The summed E-state index contributed by atoms with van der Waals surface area (Å²) in [6, 6.07) is 5.68. The third kappa shape index (κ3) is 2.49. The highest BCUT2D eigenvalue weighted by atomic mass is 16.5. The van der Waals surface area contributed by atoms with Gasteiger partial charge < -0.3 is 9.47 Å². The fourth-order valence-electron chi connectivity index (χ4n) is 2.07. The Morgan fingerprint density at radius 3 is 2.59 bits per heavy atom. The van der Waals surface area contributed by atoms with Crippen LogP contribution in [0.3, 0.4) is 0 Å². The molecule has 1 aromatic carbocycles. The zero-order valence-corrected chi connectivity index (χ0v) is 10.2. The lowest BCUT2D eigenvalue weighted by Gasteiger charge is -2.16. The lowest BCUT2D eigenvalue weighted by molar-refractivity contribution is -0.114. The topological polar surface area (TPSA) is 35.5 Å². The Morgan fingerprint density at radius 2 is 1.94 bits per heavy atom. The van der Waals surface area contributed by atoms with Crippen molar-refractivity contribution in [3.8, 4) is 11.5 Å². The molecule has 0 radical (unpaired) electrons. The van der Waals surface area contributed by atoms with E-state index in [1.54, 1.807) is 20.3 Å². The van der Waals surface area contributed by atoms with Gasteiger partial charge in [-0.3, -0.25) is 4.79 Å². The van der Waals surface area contributed by atoms with E-state index in [-0.39, 0.29) is 5.78 Å². The molecule has 90 valence electrons. The summed E-state index contributed by atoms with van der Waals surface area (Å²) >= 11 is 0. The van der Waals surface area contributed by atoms with E-state index in [1.165, 1.54) is 0 Å². The number of hydrogen-bond donors (Lipinski definition) is 0. The van der Waals surface area contributed by atoms with Gasteiger partial charge in [0.25, 0.3) is 0 Å². The van der Waals surface area contributed by atoms with Gasteiger partial charge in [0, 0.05) is 18.1 Å². The minimum atomic E-state index is 0.198. The number of allylic oxidation sites excluding steroid dienone is 2. The maximum Gasteiger partial charge on any atom is 0.155 e. The number of carbonyl (C=O) groups excluding carboxylic acids is 1. The quantitative estimate of drug-likeness (QED) is 0.803.